The number of hydrogen-bond donors (Lipinski definition) is 1. The van der Waals surface area contributed by atoms with Crippen LogP contribution in [0.15, 0.2) is 36.7 Å². The van der Waals surface area contributed by atoms with E-state index >= 15 is 0 Å². The molecule has 0 amide bonds. The van der Waals surface area contributed by atoms with Gasteiger partial charge in [-0.2, -0.15) is 0 Å². The van der Waals surface area contributed by atoms with Gasteiger partial charge in [0.25, 0.3) is 0 Å². The average Bonchev–Trinajstić information content (AvgIpc) is 2.43. The van der Waals surface area contributed by atoms with E-state index < -0.39 is 0 Å². The van der Waals surface area contributed by atoms with Crippen molar-refractivity contribution in [2.45, 2.75) is 39.8 Å². The molecule has 1 atom stereocenters. The van der Waals surface area contributed by atoms with E-state index in [1.807, 2.05) is 27.1 Å². The molecule has 0 aliphatic carbocycles. The second-order valence-electron chi connectivity index (χ2n) is 5.70. The number of aryl methyl sites for hydroxylation is 2. The minimum Gasteiger partial charge on any atom is -0.489 e. The van der Waals surface area contributed by atoms with Gasteiger partial charge in [0, 0.05) is 6.20 Å². The summed E-state index contributed by atoms with van der Waals surface area (Å²) < 4.78 is 5.75. The SMILES string of the molecule is CNC(c1cncc(OC(C)C)c1)c1cc(C)ccc1C. The minimum atomic E-state index is 0.119. The number of aromatic nitrogens is 1. The highest BCUT2D eigenvalue weighted by molar-refractivity contribution is 5.40. The van der Waals surface area contributed by atoms with Gasteiger partial charge >= 0.3 is 0 Å². The van der Waals surface area contributed by atoms with E-state index in [0.717, 1.165) is 11.3 Å². The number of hydrogen-bond acceptors (Lipinski definition) is 3. The van der Waals surface area contributed by atoms with Crippen molar-refractivity contribution in [3.05, 3.63) is 58.9 Å². The van der Waals surface area contributed by atoms with Gasteiger partial charge in [-0.3, -0.25) is 4.98 Å². The highest BCUT2D eigenvalue weighted by atomic mass is 16.5. The Labute approximate surface area is 127 Å². The maximum atomic E-state index is 5.75. The Hall–Kier alpha value is -1.87. The van der Waals surface area contributed by atoms with Crippen LogP contribution in [0, 0.1) is 13.8 Å². The maximum absolute atomic E-state index is 5.75. The Morgan fingerprint density at radius 2 is 1.86 bits per heavy atom. The normalized spacial score (nSPS) is 12.5. The summed E-state index contributed by atoms with van der Waals surface area (Å²) in [5.74, 6) is 0.813. The van der Waals surface area contributed by atoms with Gasteiger partial charge in [-0.1, -0.05) is 23.8 Å². The van der Waals surface area contributed by atoms with Gasteiger partial charge in [-0.15, -0.1) is 0 Å². The van der Waals surface area contributed by atoms with E-state index in [9.17, 15) is 0 Å². The third-order valence-corrected chi connectivity index (χ3v) is 3.47. The van der Waals surface area contributed by atoms with Crippen LogP contribution in [-0.2, 0) is 0 Å². The Bertz CT molecular complexity index is 608. The molecule has 0 saturated carbocycles. The largest absolute Gasteiger partial charge is 0.489 e. The highest BCUT2D eigenvalue weighted by Gasteiger charge is 2.15. The summed E-state index contributed by atoms with van der Waals surface area (Å²) >= 11 is 0. The lowest BCUT2D eigenvalue weighted by atomic mass is 9.94. The van der Waals surface area contributed by atoms with Crippen LogP contribution >= 0.6 is 0 Å². The van der Waals surface area contributed by atoms with Gasteiger partial charge in [-0.25, -0.2) is 0 Å². The molecule has 0 aliphatic heterocycles. The fourth-order valence-electron chi connectivity index (χ4n) is 2.50. The number of rotatable bonds is 5. The lowest BCUT2D eigenvalue weighted by Gasteiger charge is -2.20. The number of ether oxygens (including phenoxy) is 1. The molecule has 3 heteroatoms. The number of benzene rings is 1. The molecule has 1 heterocycles. The van der Waals surface area contributed by atoms with Crippen molar-refractivity contribution in [2.24, 2.45) is 0 Å². The molecule has 0 bridgehead atoms. The first-order valence-electron chi connectivity index (χ1n) is 7.37. The van der Waals surface area contributed by atoms with Crippen LogP contribution in [0.1, 0.15) is 42.1 Å². The first-order valence-corrected chi connectivity index (χ1v) is 7.37. The van der Waals surface area contributed by atoms with Gasteiger partial charge in [0.1, 0.15) is 5.75 Å². The molecule has 0 spiro atoms. The van der Waals surface area contributed by atoms with Crippen molar-refractivity contribution in [2.75, 3.05) is 7.05 Å². The van der Waals surface area contributed by atoms with Gasteiger partial charge in [-0.05, 0) is 57.5 Å². The van der Waals surface area contributed by atoms with Crippen LogP contribution in [0.4, 0.5) is 0 Å². The highest BCUT2D eigenvalue weighted by Crippen LogP contribution is 2.27. The molecular formula is C18H24N2O. The van der Waals surface area contributed by atoms with Crippen molar-refractivity contribution in [1.29, 1.82) is 0 Å². The van der Waals surface area contributed by atoms with Gasteiger partial charge in [0.2, 0.25) is 0 Å². The molecule has 0 aliphatic rings. The molecule has 1 N–H and O–H groups in total. The average molecular weight is 284 g/mol. The van der Waals surface area contributed by atoms with Crippen molar-refractivity contribution >= 4 is 0 Å². The molecule has 1 aromatic heterocycles. The third kappa shape index (κ3) is 3.82. The summed E-state index contributed by atoms with van der Waals surface area (Å²) in [6.07, 6.45) is 3.81. The zero-order valence-electron chi connectivity index (χ0n) is 13.5. The number of nitrogens with zero attached hydrogens (tertiary/aromatic N) is 1. The molecular weight excluding hydrogens is 260 g/mol. The third-order valence-electron chi connectivity index (χ3n) is 3.47. The summed E-state index contributed by atoms with van der Waals surface area (Å²) in [6, 6.07) is 8.72. The molecule has 0 saturated heterocycles. The van der Waals surface area contributed by atoms with Gasteiger partial charge in [0.15, 0.2) is 0 Å². The Morgan fingerprint density at radius 1 is 1.10 bits per heavy atom. The molecule has 21 heavy (non-hydrogen) atoms. The van der Waals surface area contributed by atoms with Crippen LogP contribution in [-0.4, -0.2) is 18.1 Å². The zero-order chi connectivity index (χ0) is 15.4. The van der Waals surface area contributed by atoms with E-state index in [0.29, 0.717) is 0 Å². The van der Waals surface area contributed by atoms with Crippen molar-refractivity contribution < 1.29 is 4.74 Å². The van der Waals surface area contributed by atoms with Crippen LogP contribution < -0.4 is 10.1 Å². The first kappa shape index (κ1) is 15.5. The standard InChI is InChI=1S/C18H24N2O/c1-12(2)21-16-9-15(10-20-11-16)18(19-5)17-8-13(3)6-7-14(17)4/h6-12,18-19H,1-5H3. The first-order chi connectivity index (χ1) is 10.0. The number of pyridine rings is 1. The smallest absolute Gasteiger partial charge is 0.138 e. The monoisotopic (exact) mass is 284 g/mol. The zero-order valence-corrected chi connectivity index (χ0v) is 13.5. The number of nitrogens with one attached hydrogen (secondary N) is 1. The summed E-state index contributed by atoms with van der Waals surface area (Å²) in [5.41, 5.74) is 4.93. The Morgan fingerprint density at radius 3 is 2.52 bits per heavy atom. The topological polar surface area (TPSA) is 34.2 Å². The van der Waals surface area contributed by atoms with Gasteiger partial charge in [0.05, 0.1) is 18.3 Å². The van der Waals surface area contributed by atoms with Crippen molar-refractivity contribution in [3.63, 3.8) is 0 Å². The van der Waals surface area contributed by atoms with Crippen LogP contribution in [0.2, 0.25) is 0 Å². The van der Waals surface area contributed by atoms with Crippen LogP contribution in [0.5, 0.6) is 5.75 Å². The molecule has 1 aromatic carbocycles. The molecule has 3 nitrogen and oxygen atoms in total. The van der Waals surface area contributed by atoms with Crippen molar-refractivity contribution in [3.8, 4) is 5.75 Å². The summed E-state index contributed by atoms with van der Waals surface area (Å²) in [6.45, 7) is 8.30. The quantitative estimate of drug-likeness (QED) is 0.907. The Kier molecular flexibility index (Phi) is 4.97. The fraction of sp³-hybridized carbons (Fsp3) is 0.389. The molecule has 1 unspecified atom stereocenters. The second-order valence-corrected chi connectivity index (χ2v) is 5.70. The van der Waals surface area contributed by atoms with E-state index in [1.54, 1.807) is 6.20 Å². The molecule has 112 valence electrons. The molecule has 2 rings (SSSR count). The van der Waals surface area contributed by atoms with Crippen molar-refractivity contribution in [1.82, 2.24) is 10.3 Å². The molecule has 2 aromatic rings. The summed E-state index contributed by atoms with van der Waals surface area (Å²) in [7, 11) is 1.97. The van der Waals surface area contributed by atoms with E-state index in [2.05, 4.69) is 48.4 Å². The Balaban J connectivity index is 2.39. The predicted octanol–water partition coefficient (Wildman–Crippen LogP) is 3.79. The maximum Gasteiger partial charge on any atom is 0.138 e. The predicted molar refractivity (Wildman–Crippen MR) is 86.8 cm³/mol. The van der Waals surface area contributed by atoms with E-state index in [4.69, 9.17) is 4.74 Å². The van der Waals surface area contributed by atoms with Gasteiger partial charge < -0.3 is 10.1 Å². The lowest BCUT2D eigenvalue weighted by Crippen LogP contribution is -2.19. The minimum absolute atomic E-state index is 0.119. The second kappa shape index (κ2) is 6.72. The summed E-state index contributed by atoms with van der Waals surface area (Å²) in [5, 5.41) is 3.39. The van der Waals surface area contributed by atoms with Crippen LogP contribution in [0.25, 0.3) is 0 Å². The summed E-state index contributed by atoms with van der Waals surface area (Å²) in [4.78, 5) is 4.32. The van der Waals surface area contributed by atoms with E-state index in [-0.39, 0.29) is 12.1 Å². The van der Waals surface area contributed by atoms with E-state index in [1.165, 1.54) is 16.7 Å². The van der Waals surface area contributed by atoms with Crippen LogP contribution in [0.3, 0.4) is 0 Å². The molecule has 0 fully saturated rings. The molecule has 0 radical (unpaired) electrons. The fourth-order valence-corrected chi connectivity index (χ4v) is 2.50. The lowest BCUT2D eigenvalue weighted by molar-refractivity contribution is 0.241.